The van der Waals surface area contributed by atoms with Crippen molar-refractivity contribution in [1.29, 1.82) is 0 Å². The van der Waals surface area contributed by atoms with E-state index in [0.29, 0.717) is 28.3 Å². The molecular weight excluding hydrogens is 278 g/mol. The maximum Gasteiger partial charge on any atom is 0.203 e. The fourth-order valence-corrected chi connectivity index (χ4v) is 2.98. The van der Waals surface area contributed by atoms with Crippen molar-refractivity contribution >= 4 is 11.6 Å². The monoisotopic (exact) mass is 299 g/mol. The summed E-state index contributed by atoms with van der Waals surface area (Å²) in [6, 6.07) is 2.23. The molecule has 1 aliphatic heterocycles. The number of ether oxygens (including phenoxy) is 3. The predicted molar refractivity (Wildman–Crippen MR) is 80.5 cm³/mol. The van der Waals surface area contributed by atoms with Gasteiger partial charge in [0.1, 0.15) is 0 Å². The van der Waals surface area contributed by atoms with Crippen molar-refractivity contribution < 1.29 is 14.2 Å². The largest absolute Gasteiger partial charge is 0.493 e. The summed E-state index contributed by atoms with van der Waals surface area (Å²) in [6.45, 7) is 1.07. The highest BCUT2D eigenvalue weighted by molar-refractivity contribution is 6.31. The lowest BCUT2D eigenvalue weighted by molar-refractivity contribution is 0.319. The number of nitrogens with one attached hydrogen (secondary N) is 1. The Labute approximate surface area is 125 Å². The van der Waals surface area contributed by atoms with Crippen molar-refractivity contribution in [1.82, 2.24) is 5.32 Å². The van der Waals surface area contributed by atoms with Gasteiger partial charge in [-0.25, -0.2) is 0 Å². The van der Waals surface area contributed by atoms with Crippen LogP contribution < -0.4 is 19.5 Å². The van der Waals surface area contributed by atoms with Gasteiger partial charge in [-0.05, 0) is 25.8 Å². The van der Waals surface area contributed by atoms with Gasteiger partial charge in [0.2, 0.25) is 5.75 Å². The van der Waals surface area contributed by atoms with Gasteiger partial charge >= 0.3 is 0 Å². The lowest BCUT2D eigenvalue weighted by Gasteiger charge is -2.25. The number of methoxy groups -OCH3 is 3. The van der Waals surface area contributed by atoms with Gasteiger partial charge in [-0.2, -0.15) is 0 Å². The Morgan fingerprint density at radius 1 is 1.15 bits per heavy atom. The Balaban J connectivity index is 2.35. The van der Waals surface area contributed by atoms with Crippen molar-refractivity contribution in [3.05, 3.63) is 16.7 Å². The number of rotatable bonds is 5. The summed E-state index contributed by atoms with van der Waals surface area (Å²) in [5, 5.41) is 4.19. The molecule has 1 saturated heterocycles. The average Bonchev–Trinajstić information content (AvgIpc) is 2.49. The van der Waals surface area contributed by atoms with Crippen molar-refractivity contribution in [3.8, 4) is 17.2 Å². The molecule has 5 heteroatoms. The predicted octanol–water partition coefficient (Wildman–Crippen LogP) is 3.05. The van der Waals surface area contributed by atoms with E-state index in [-0.39, 0.29) is 0 Å². The van der Waals surface area contributed by atoms with Crippen molar-refractivity contribution in [2.24, 2.45) is 0 Å². The van der Waals surface area contributed by atoms with E-state index < -0.39 is 0 Å². The first kappa shape index (κ1) is 15.3. The third kappa shape index (κ3) is 3.13. The van der Waals surface area contributed by atoms with Gasteiger partial charge < -0.3 is 19.5 Å². The van der Waals surface area contributed by atoms with E-state index in [1.165, 1.54) is 12.8 Å². The zero-order valence-corrected chi connectivity index (χ0v) is 13.0. The molecule has 0 spiro atoms. The highest BCUT2D eigenvalue weighted by atomic mass is 35.5. The molecule has 0 bridgehead atoms. The molecule has 4 nitrogen and oxygen atoms in total. The molecule has 2 rings (SSSR count). The highest BCUT2D eigenvalue weighted by Crippen LogP contribution is 2.44. The second-order valence-electron chi connectivity index (χ2n) is 4.96. The Morgan fingerprint density at radius 2 is 1.90 bits per heavy atom. The molecule has 0 aromatic heterocycles. The van der Waals surface area contributed by atoms with Crippen LogP contribution >= 0.6 is 11.6 Å². The van der Waals surface area contributed by atoms with E-state index in [4.69, 9.17) is 25.8 Å². The minimum absolute atomic E-state index is 0.438. The van der Waals surface area contributed by atoms with Crippen LogP contribution in [0.15, 0.2) is 6.07 Å². The summed E-state index contributed by atoms with van der Waals surface area (Å²) in [4.78, 5) is 0. The van der Waals surface area contributed by atoms with Crippen LogP contribution in [-0.4, -0.2) is 33.9 Å². The molecule has 0 aliphatic carbocycles. The van der Waals surface area contributed by atoms with E-state index in [2.05, 4.69) is 5.32 Å². The van der Waals surface area contributed by atoms with Crippen LogP contribution in [0.3, 0.4) is 0 Å². The van der Waals surface area contributed by atoms with Crippen molar-refractivity contribution in [2.45, 2.75) is 31.7 Å². The van der Waals surface area contributed by atoms with Gasteiger partial charge in [0.05, 0.1) is 26.4 Å². The van der Waals surface area contributed by atoms with E-state index >= 15 is 0 Å². The third-order valence-corrected chi connectivity index (χ3v) is 4.08. The van der Waals surface area contributed by atoms with E-state index in [0.717, 1.165) is 24.9 Å². The summed E-state index contributed by atoms with van der Waals surface area (Å²) in [6.07, 6.45) is 4.49. The molecule has 1 aromatic rings. The van der Waals surface area contributed by atoms with Crippen LogP contribution in [0.25, 0.3) is 0 Å². The first-order chi connectivity index (χ1) is 9.71. The molecule has 1 unspecified atom stereocenters. The summed E-state index contributed by atoms with van der Waals surface area (Å²) in [7, 11) is 4.83. The molecule has 112 valence electrons. The zero-order valence-electron chi connectivity index (χ0n) is 12.3. The summed E-state index contributed by atoms with van der Waals surface area (Å²) < 4.78 is 16.2. The lowest BCUT2D eigenvalue weighted by atomic mass is 9.97. The van der Waals surface area contributed by atoms with Crippen LogP contribution in [0.5, 0.6) is 17.2 Å². The van der Waals surface area contributed by atoms with Gasteiger partial charge in [0.25, 0.3) is 0 Å². The maximum absolute atomic E-state index is 6.40. The minimum Gasteiger partial charge on any atom is -0.493 e. The van der Waals surface area contributed by atoms with Gasteiger partial charge in [0.15, 0.2) is 11.5 Å². The highest BCUT2D eigenvalue weighted by Gasteiger charge is 2.23. The summed E-state index contributed by atoms with van der Waals surface area (Å²) >= 11 is 6.40. The maximum atomic E-state index is 6.40. The molecule has 1 aromatic carbocycles. The van der Waals surface area contributed by atoms with Crippen molar-refractivity contribution in [2.75, 3.05) is 27.9 Å². The minimum atomic E-state index is 0.438. The van der Waals surface area contributed by atoms with Crippen LogP contribution in [-0.2, 0) is 6.42 Å². The second-order valence-corrected chi connectivity index (χ2v) is 5.36. The third-order valence-electron chi connectivity index (χ3n) is 3.74. The smallest absolute Gasteiger partial charge is 0.203 e. The van der Waals surface area contributed by atoms with Crippen molar-refractivity contribution in [3.63, 3.8) is 0 Å². The molecule has 0 saturated carbocycles. The normalized spacial score (nSPS) is 18.7. The van der Waals surface area contributed by atoms with Crippen LogP contribution in [0.4, 0.5) is 0 Å². The Bertz CT molecular complexity index is 459. The fraction of sp³-hybridized carbons (Fsp3) is 0.600. The number of benzene rings is 1. The topological polar surface area (TPSA) is 39.7 Å². The molecule has 1 aliphatic rings. The Kier molecular flexibility index (Phi) is 5.38. The standard InChI is InChI=1S/C15H22ClNO3/c1-18-13-9-12(16)11(14(19-2)15(13)20-3)8-10-6-4-5-7-17-10/h9-10,17H,4-8H2,1-3H3. The van der Waals surface area contributed by atoms with Gasteiger partial charge in [0, 0.05) is 17.7 Å². The molecule has 0 radical (unpaired) electrons. The molecular formula is C15H22ClNO3. The first-order valence-electron chi connectivity index (χ1n) is 6.92. The van der Waals surface area contributed by atoms with Gasteiger partial charge in [-0.3, -0.25) is 0 Å². The zero-order chi connectivity index (χ0) is 14.5. The summed E-state index contributed by atoms with van der Waals surface area (Å²) in [5.41, 5.74) is 0.978. The Morgan fingerprint density at radius 3 is 2.45 bits per heavy atom. The van der Waals surface area contributed by atoms with Gasteiger partial charge in [-0.1, -0.05) is 18.0 Å². The second kappa shape index (κ2) is 7.04. The fourth-order valence-electron chi connectivity index (χ4n) is 2.72. The van der Waals surface area contributed by atoms with Crippen LogP contribution in [0.1, 0.15) is 24.8 Å². The lowest BCUT2D eigenvalue weighted by Crippen LogP contribution is -2.35. The van der Waals surface area contributed by atoms with Crippen LogP contribution in [0.2, 0.25) is 5.02 Å². The SMILES string of the molecule is COc1cc(Cl)c(CC2CCCCN2)c(OC)c1OC. The molecule has 1 atom stereocenters. The molecule has 1 fully saturated rings. The average molecular weight is 300 g/mol. The Hall–Kier alpha value is -1.13. The van der Waals surface area contributed by atoms with E-state index in [1.54, 1.807) is 27.4 Å². The number of piperidine rings is 1. The number of halogens is 1. The number of hydrogen-bond donors (Lipinski definition) is 1. The molecule has 0 amide bonds. The summed E-state index contributed by atoms with van der Waals surface area (Å²) in [5.74, 6) is 1.86. The first-order valence-corrected chi connectivity index (χ1v) is 7.29. The molecule has 1 heterocycles. The molecule has 20 heavy (non-hydrogen) atoms. The van der Waals surface area contributed by atoms with Crippen LogP contribution in [0, 0.1) is 0 Å². The quantitative estimate of drug-likeness (QED) is 0.907. The number of hydrogen-bond acceptors (Lipinski definition) is 4. The van der Waals surface area contributed by atoms with E-state index in [9.17, 15) is 0 Å². The molecule has 1 N–H and O–H groups in total. The van der Waals surface area contributed by atoms with Gasteiger partial charge in [-0.15, -0.1) is 0 Å². The van der Waals surface area contributed by atoms with E-state index in [1.807, 2.05) is 0 Å².